The molecule has 0 aliphatic rings. The van der Waals surface area contributed by atoms with Gasteiger partial charge in [-0.3, -0.25) is 9.59 Å². The molecule has 2 aromatic carbocycles. The maximum absolute atomic E-state index is 11.4. The molecule has 0 saturated carbocycles. The number of nitrogens with zero attached hydrogens (tertiary/aromatic N) is 1. The standard InChI is InChI=1S/C18H17Cl2N3O3/c1-2-21-17(24)18(25)23-22-10-12-5-3-6-13(9-12)26-11-14-15(19)7-4-8-16(14)20/h3-10H,2,11H2,1H3,(H,21,24)(H,23,25)/b22-10-. The number of amides is 2. The molecule has 136 valence electrons. The molecule has 0 aliphatic heterocycles. The van der Waals surface area contributed by atoms with Gasteiger partial charge in [-0.2, -0.15) is 5.10 Å². The molecule has 26 heavy (non-hydrogen) atoms. The zero-order valence-corrected chi connectivity index (χ0v) is 15.5. The number of carbonyl (C=O) groups excluding carboxylic acids is 2. The smallest absolute Gasteiger partial charge is 0.329 e. The van der Waals surface area contributed by atoms with Gasteiger partial charge in [0, 0.05) is 22.2 Å². The van der Waals surface area contributed by atoms with Crippen molar-refractivity contribution >= 4 is 41.2 Å². The van der Waals surface area contributed by atoms with Gasteiger partial charge in [0.2, 0.25) is 0 Å². The normalized spacial score (nSPS) is 10.6. The summed E-state index contributed by atoms with van der Waals surface area (Å²) in [6.07, 6.45) is 1.41. The fourth-order valence-electron chi connectivity index (χ4n) is 1.97. The molecule has 0 fully saturated rings. The molecule has 6 nitrogen and oxygen atoms in total. The van der Waals surface area contributed by atoms with Gasteiger partial charge in [-0.05, 0) is 36.8 Å². The molecule has 8 heteroatoms. The van der Waals surface area contributed by atoms with E-state index >= 15 is 0 Å². The van der Waals surface area contributed by atoms with Crippen LogP contribution >= 0.6 is 23.2 Å². The molecule has 2 rings (SSSR count). The van der Waals surface area contributed by atoms with E-state index in [2.05, 4.69) is 15.8 Å². The van der Waals surface area contributed by atoms with Gasteiger partial charge in [0.05, 0.1) is 6.21 Å². The molecule has 0 aliphatic carbocycles. The summed E-state index contributed by atoms with van der Waals surface area (Å²) in [4.78, 5) is 22.7. The Labute approximate surface area is 161 Å². The number of ether oxygens (including phenoxy) is 1. The van der Waals surface area contributed by atoms with Gasteiger partial charge in [0.15, 0.2) is 0 Å². The summed E-state index contributed by atoms with van der Waals surface area (Å²) in [5.41, 5.74) is 3.53. The molecule has 2 amide bonds. The number of nitrogens with one attached hydrogen (secondary N) is 2. The van der Waals surface area contributed by atoms with Gasteiger partial charge in [0.1, 0.15) is 12.4 Å². The highest BCUT2D eigenvalue weighted by atomic mass is 35.5. The molecule has 0 atom stereocenters. The lowest BCUT2D eigenvalue weighted by atomic mass is 10.2. The lowest BCUT2D eigenvalue weighted by Gasteiger charge is -2.09. The van der Waals surface area contributed by atoms with E-state index in [1.54, 1.807) is 49.4 Å². The van der Waals surface area contributed by atoms with Gasteiger partial charge < -0.3 is 10.1 Å². The Hall–Kier alpha value is -2.57. The zero-order chi connectivity index (χ0) is 18.9. The second-order valence-corrected chi connectivity index (χ2v) is 5.93. The highest BCUT2D eigenvalue weighted by molar-refractivity contribution is 6.36. The molecule has 2 aromatic rings. The maximum atomic E-state index is 11.4. The summed E-state index contributed by atoms with van der Waals surface area (Å²) in [5, 5.41) is 7.19. The Morgan fingerprint density at radius 3 is 2.50 bits per heavy atom. The fraction of sp³-hybridized carbons (Fsp3) is 0.167. The molecule has 0 bridgehead atoms. The first-order valence-corrected chi connectivity index (χ1v) is 8.54. The number of carbonyl (C=O) groups is 2. The number of hydrazone groups is 1. The molecule has 0 saturated heterocycles. The van der Waals surface area contributed by atoms with Crippen molar-refractivity contribution in [2.75, 3.05) is 6.54 Å². The van der Waals surface area contributed by atoms with E-state index in [4.69, 9.17) is 27.9 Å². The quantitative estimate of drug-likeness (QED) is 0.449. The minimum Gasteiger partial charge on any atom is -0.489 e. The summed E-state index contributed by atoms with van der Waals surface area (Å²) >= 11 is 12.2. The van der Waals surface area contributed by atoms with E-state index in [0.717, 1.165) is 0 Å². The Balaban J connectivity index is 1.96. The van der Waals surface area contributed by atoms with Crippen molar-refractivity contribution in [2.45, 2.75) is 13.5 Å². The number of rotatable bonds is 6. The number of hydrogen-bond donors (Lipinski definition) is 2. The van der Waals surface area contributed by atoms with Crippen LogP contribution in [0.25, 0.3) is 0 Å². The van der Waals surface area contributed by atoms with Crippen molar-refractivity contribution in [1.29, 1.82) is 0 Å². The van der Waals surface area contributed by atoms with Crippen molar-refractivity contribution in [3.63, 3.8) is 0 Å². The average molecular weight is 394 g/mol. The van der Waals surface area contributed by atoms with Crippen LogP contribution in [0.15, 0.2) is 47.6 Å². The van der Waals surface area contributed by atoms with Crippen LogP contribution in [0, 0.1) is 0 Å². The second-order valence-electron chi connectivity index (χ2n) is 5.12. The number of likely N-dealkylation sites (N-methyl/N-ethyl adjacent to an activating group) is 1. The predicted octanol–water partition coefficient (Wildman–Crippen LogP) is 3.16. The molecule has 0 heterocycles. The lowest BCUT2D eigenvalue weighted by molar-refractivity contribution is -0.139. The van der Waals surface area contributed by atoms with Gasteiger partial charge in [0.25, 0.3) is 0 Å². The molecule has 0 aromatic heterocycles. The van der Waals surface area contributed by atoms with E-state index in [9.17, 15) is 9.59 Å². The summed E-state index contributed by atoms with van der Waals surface area (Å²) < 4.78 is 5.71. The molecular weight excluding hydrogens is 377 g/mol. The topological polar surface area (TPSA) is 79.8 Å². The van der Waals surface area contributed by atoms with Gasteiger partial charge in [-0.25, -0.2) is 5.43 Å². The Morgan fingerprint density at radius 1 is 1.12 bits per heavy atom. The summed E-state index contributed by atoms with van der Waals surface area (Å²) in [6, 6.07) is 12.3. The second kappa shape index (κ2) is 9.79. The molecule has 2 N–H and O–H groups in total. The van der Waals surface area contributed by atoms with E-state index in [0.29, 0.717) is 33.5 Å². The van der Waals surface area contributed by atoms with Crippen molar-refractivity contribution < 1.29 is 14.3 Å². The summed E-state index contributed by atoms with van der Waals surface area (Å²) in [5.74, 6) is -0.984. The lowest BCUT2D eigenvalue weighted by Crippen LogP contribution is -2.37. The maximum Gasteiger partial charge on any atom is 0.329 e. The highest BCUT2D eigenvalue weighted by Crippen LogP contribution is 2.25. The van der Waals surface area contributed by atoms with Crippen LogP contribution in [0.2, 0.25) is 10.0 Å². The monoisotopic (exact) mass is 393 g/mol. The van der Waals surface area contributed by atoms with Crippen molar-refractivity contribution in [3.8, 4) is 5.75 Å². The predicted molar refractivity (Wildman–Crippen MR) is 102 cm³/mol. The van der Waals surface area contributed by atoms with E-state index in [-0.39, 0.29) is 6.61 Å². The summed E-state index contributed by atoms with van der Waals surface area (Å²) in [7, 11) is 0. The SMILES string of the molecule is CCNC(=O)C(=O)N/N=C\c1cccc(OCc2c(Cl)cccc2Cl)c1. The third-order valence-electron chi connectivity index (χ3n) is 3.23. The van der Waals surface area contributed by atoms with Gasteiger partial charge in [-0.1, -0.05) is 41.4 Å². The van der Waals surface area contributed by atoms with Gasteiger partial charge >= 0.3 is 11.8 Å². The minimum atomic E-state index is -0.830. The first-order chi connectivity index (χ1) is 12.5. The number of hydrogen-bond acceptors (Lipinski definition) is 4. The van der Waals surface area contributed by atoms with E-state index in [1.807, 2.05) is 0 Å². The first-order valence-electron chi connectivity index (χ1n) is 7.78. The minimum absolute atomic E-state index is 0.215. The van der Waals surface area contributed by atoms with E-state index in [1.165, 1.54) is 6.21 Å². The zero-order valence-electron chi connectivity index (χ0n) is 14.0. The van der Waals surface area contributed by atoms with Crippen LogP contribution in [0.4, 0.5) is 0 Å². The van der Waals surface area contributed by atoms with E-state index < -0.39 is 11.8 Å². The molecule has 0 radical (unpaired) electrons. The van der Waals surface area contributed by atoms with Crippen LogP contribution in [0.3, 0.4) is 0 Å². The Morgan fingerprint density at radius 2 is 1.81 bits per heavy atom. The molecule has 0 unspecified atom stereocenters. The fourth-order valence-corrected chi connectivity index (χ4v) is 2.47. The largest absolute Gasteiger partial charge is 0.489 e. The summed E-state index contributed by atoms with van der Waals surface area (Å²) in [6.45, 7) is 2.30. The van der Waals surface area contributed by atoms with Gasteiger partial charge in [-0.15, -0.1) is 0 Å². The first kappa shape index (κ1) is 19.8. The van der Waals surface area contributed by atoms with Crippen molar-refractivity contribution in [2.24, 2.45) is 5.10 Å². The Kier molecular flexibility index (Phi) is 7.44. The molecule has 0 spiro atoms. The molecular formula is C18H17Cl2N3O3. The van der Waals surface area contributed by atoms with Crippen LogP contribution in [0.5, 0.6) is 5.75 Å². The van der Waals surface area contributed by atoms with Crippen LogP contribution < -0.4 is 15.5 Å². The van der Waals surface area contributed by atoms with Crippen molar-refractivity contribution in [3.05, 3.63) is 63.6 Å². The highest BCUT2D eigenvalue weighted by Gasteiger charge is 2.10. The van der Waals surface area contributed by atoms with Crippen LogP contribution in [0.1, 0.15) is 18.1 Å². The van der Waals surface area contributed by atoms with Crippen molar-refractivity contribution in [1.82, 2.24) is 10.7 Å². The average Bonchev–Trinajstić information content (AvgIpc) is 2.62. The van der Waals surface area contributed by atoms with Crippen LogP contribution in [-0.4, -0.2) is 24.6 Å². The third-order valence-corrected chi connectivity index (χ3v) is 3.93. The number of halogens is 2. The van der Waals surface area contributed by atoms with Crippen LogP contribution in [-0.2, 0) is 16.2 Å². The number of benzene rings is 2. The Bertz CT molecular complexity index is 805. The third kappa shape index (κ3) is 5.75.